The third-order valence-electron chi connectivity index (χ3n) is 4.03. The first-order valence-corrected chi connectivity index (χ1v) is 8.06. The van der Waals surface area contributed by atoms with Gasteiger partial charge in [0.05, 0.1) is 18.2 Å². The molecule has 1 N–H and O–H groups in total. The summed E-state index contributed by atoms with van der Waals surface area (Å²) in [5.74, 6) is 0.118. The number of halogens is 1. The number of aryl methyl sites for hydroxylation is 1. The number of methoxy groups -OCH3 is 1. The maximum absolute atomic E-state index is 12.7. The lowest BCUT2D eigenvalue weighted by atomic mass is 10.1. The predicted molar refractivity (Wildman–Crippen MR) is 98.9 cm³/mol. The average molecular weight is 357 g/mol. The van der Waals surface area contributed by atoms with E-state index >= 15 is 0 Å². The quantitative estimate of drug-likeness (QED) is 0.750. The van der Waals surface area contributed by atoms with Crippen LogP contribution in [0.2, 0.25) is 5.02 Å². The Bertz CT molecular complexity index is 992. The Morgan fingerprint density at radius 2 is 1.92 bits per heavy atom. The summed E-state index contributed by atoms with van der Waals surface area (Å²) in [6, 6.07) is 10.6. The van der Waals surface area contributed by atoms with Gasteiger partial charge in [0.2, 0.25) is 5.91 Å². The summed E-state index contributed by atoms with van der Waals surface area (Å²) in [6.45, 7) is 3.34. The third kappa shape index (κ3) is 3.23. The maximum atomic E-state index is 12.7. The van der Waals surface area contributed by atoms with Crippen molar-refractivity contribution < 1.29 is 14.3 Å². The summed E-state index contributed by atoms with van der Waals surface area (Å²) in [7, 11) is 1.55. The lowest BCUT2D eigenvalue weighted by Crippen LogP contribution is -2.12. The lowest BCUT2D eigenvalue weighted by molar-refractivity contribution is 0.0941. The predicted octanol–water partition coefficient (Wildman–Crippen LogP) is 4.52. The van der Waals surface area contributed by atoms with E-state index in [1.165, 1.54) is 17.7 Å². The van der Waals surface area contributed by atoms with Gasteiger partial charge in [0, 0.05) is 29.2 Å². The molecule has 0 aliphatic rings. The zero-order chi connectivity index (χ0) is 18.1. The second-order valence-electron chi connectivity index (χ2n) is 5.73. The molecule has 0 unspecified atom stereocenters. The molecule has 1 aromatic heterocycles. The number of aromatic nitrogens is 1. The van der Waals surface area contributed by atoms with Crippen LogP contribution in [0.25, 0.3) is 10.9 Å². The summed E-state index contributed by atoms with van der Waals surface area (Å²) in [5.41, 5.74) is 2.56. The Hall–Kier alpha value is -2.79. The number of ether oxygens (including phenoxy) is 1. The SMILES string of the molecule is COc1ccc2c(c1)c(C(=O)Nc1ccc(C)c(Cl)c1)cn2C(C)=O. The molecule has 0 saturated heterocycles. The van der Waals surface area contributed by atoms with Gasteiger partial charge in [0.1, 0.15) is 5.75 Å². The van der Waals surface area contributed by atoms with Gasteiger partial charge in [-0.1, -0.05) is 17.7 Å². The molecule has 0 saturated carbocycles. The molecule has 6 heteroatoms. The molecule has 25 heavy (non-hydrogen) atoms. The van der Waals surface area contributed by atoms with Crippen LogP contribution in [0.1, 0.15) is 27.6 Å². The topological polar surface area (TPSA) is 60.3 Å². The van der Waals surface area contributed by atoms with Crippen molar-refractivity contribution in [1.29, 1.82) is 0 Å². The molecule has 5 nitrogen and oxygen atoms in total. The molecule has 1 heterocycles. The number of benzene rings is 2. The van der Waals surface area contributed by atoms with Crippen LogP contribution >= 0.6 is 11.6 Å². The molecule has 0 radical (unpaired) electrons. The van der Waals surface area contributed by atoms with E-state index in [9.17, 15) is 9.59 Å². The molecule has 0 aliphatic carbocycles. The van der Waals surface area contributed by atoms with E-state index in [1.54, 1.807) is 37.4 Å². The van der Waals surface area contributed by atoms with E-state index in [0.29, 0.717) is 32.9 Å². The summed E-state index contributed by atoms with van der Waals surface area (Å²) >= 11 is 6.11. The molecule has 2 aromatic carbocycles. The maximum Gasteiger partial charge on any atom is 0.257 e. The fraction of sp³-hybridized carbons (Fsp3) is 0.158. The summed E-state index contributed by atoms with van der Waals surface area (Å²) < 4.78 is 6.68. The van der Waals surface area contributed by atoms with Crippen molar-refractivity contribution in [3.63, 3.8) is 0 Å². The van der Waals surface area contributed by atoms with Crippen molar-refractivity contribution in [2.75, 3.05) is 12.4 Å². The van der Waals surface area contributed by atoms with Crippen LogP contribution in [0.15, 0.2) is 42.6 Å². The van der Waals surface area contributed by atoms with Crippen molar-refractivity contribution in [1.82, 2.24) is 4.57 Å². The van der Waals surface area contributed by atoms with Crippen LogP contribution < -0.4 is 10.1 Å². The van der Waals surface area contributed by atoms with E-state index in [4.69, 9.17) is 16.3 Å². The minimum Gasteiger partial charge on any atom is -0.497 e. The van der Waals surface area contributed by atoms with Crippen LogP contribution in [0.5, 0.6) is 5.75 Å². The number of nitrogens with zero attached hydrogens (tertiary/aromatic N) is 1. The number of fused-ring (bicyclic) bond motifs is 1. The summed E-state index contributed by atoms with van der Waals surface area (Å²) in [6.07, 6.45) is 1.54. The van der Waals surface area contributed by atoms with E-state index < -0.39 is 0 Å². The van der Waals surface area contributed by atoms with E-state index in [2.05, 4.69) is 5.32 Å². The molecule has 1 amide bonds. The van der Waals surface area contributed by atoms with Crippen LogP contribution in [0, 0.1) is 6.92 Å². The van der Waals surface area contributed by atoms with Gasteiger partial charge in [0.15, 0.2) is 0 Å². The highest BCUT2D eigenvalue weighted by atomic mass is 35.5. The molecule has 0 aliphatic heterocycles. The number of anilines is 1. The smallest absolute Gasteiger partial charge is 0.257 e. The highest BCUT2D eigenvalue weighted by Gasteiger charge is 2.18. The van der Waals surface area contributed by atoms with Gasteiger partial charge in [-0.2, -0.15) is 0 Å². The van der Waals surface area contributed by atoms with Crippen molar-refractivity contribution in [2.24, 2.45) is 0 Å². The van der Waals surface area contributed by atoms with Crippen LogP contribution in [-0.2, 0) is 0 Å². The first kappa shape index (κ1) is 17.0. The molecule has 0 bridgehead atoms. The number of carbonyl (C=O) groups is 2. The highest BCUT2D eigenvalue weighted by molar-refractivity contribution is 6.31. The standard InChI is InChI=1S/C19H17ClN2O3/c1-11-4-5-13(8-17(11)20)21-19(24)16-10-22(12(2)23)18-7-6-14(25-3)9-15(16)18/h4-10H,1-3H3,(H,21,24). The Labute approximate surface area is 150 Å². The number of amides is 1. The first-order valence-electron chi connectivity index (χ1n) is 7.68. The van der Waals surface area contributed by atoms with Gasteiger partial charge in [-0.3, -0.25) is 14.2 Å². The van der Waals surface area contributed by atoms with Crippen LogP contribution in [0.4, 0.5) is 5.69 Å². The molecule has 3 rings (SSSR count). The van der Waals surface area contributed by atoms with Gasteiger partial charge in [-0.15, -0.1) is 0 Å². The molecular weight excluding hydrogens is 340 g/mol. The van der Waals surface area contributed by atoms with Crippen LogP contribution in [0.3, 0.4) is 0 Å². The molecule has 128 valence electrons. The lowest BCUT2D eigenvalue weighted by Gasteiger charge is -2.06. The first-order chi connectivity index (χ1) is 11.9. The van der Waals surface area contributed by atoms with Crippen molar-refractivity contribution in [3.05, 3.63) is 58.7 Å². The van der Waals surface area contributed by atoms with Gasteiger partial charge >= 0.3 is 0 Å². The minimum absolute atomic E-state index is 0.174. The molecule has 3 aromatic rings. The van der Waals surface area contributed by atoms with E-state index in [-0.39, 0.29) is 11.8 Å². The monoisotopic (exact) mass is 356 g/mol. The zero-order valence-corrected chi connectivity index (χ0v) is 14.8. The summed E-state index contributed by atoms with van der Waals surface area (Å²) in [4.78, 5) is 24.6. The van der Waals surface area contributed by atoms with Crippen molar-refractivity contribution in [2.45, 2.75) is 13.8 Å². The van der Waals surface area contributed by atoms with Gasteiger partial charge in [-0.25, -0.2) is 0 Å². The second kappa shape index (κ2) is 6.61. The van der Waals surface area contributed by atoms with E-state index in [0.717, 1.165) is 5.56 Å². The number of hydrogen-bond donors (Lipinski definition) is 1. The number of carbonyl (C=O) groups excluding carboxylic acids is 2. The van der Waals surface area contributed by atoms with Crippen molar-refractivity contribution >= 4 is 40.0 Å². The minimum atomic E-state index is -0.321. The number of rotatable bonds is 3. The van der Waals surface area contributed by atoms with Gasteiger partial charge in [-0.05, 0) is 42.8 Å². The molecule has 0 atom stereocenters. The van der Waals surface area contributed by atoms with Gasteiger partial charge in [0.25, 0.3) is 5.91 Å². The Morgan fingerprint density at radius 3 is 2.56 bits per heavy atom. The molecule has 0 fully saturated rings. The number of hydrogen-bond acceptors (Lipinski definition) is 3. The normalized spacial score (nSPS) is 10.7. The molecular formula is C19H17ClN2O3. The average Bonchev–Trinajstić information content (AvgIpc) is 2.97. The fourth-order valence-corrected chi connectivity index (χ4v) is 2.83. The van der Waals surface area contributed by atoms with Gasteiger partial charge < -0.3 is 10.1 Å². The van der Waals surface area contributed by atoms with Crippen LogP contribution in [-0.4, -0.2) is 23.5 Å². The van der Waals surface area contributed by atoms with Crippen molar-refractivity contribution in [3.8, 4) is 5.75 Å². The zero-order valence-electron chi connectivity index (χ0n) is 14.1. The molecule has 0 spiro atoms. The fourth-order valence-electron chi connectivity index (χ4n) is 2.65. The Balaban J connectivity index is 2.05. The highest BCUT2D eigenvalue weighted by Crippen LogP contribution is 2.27. The Morgan fingerprint density at radius 1 is 1.16 bits per heavy atom. The Kier molecular flexibility index (Phi) is 4.51. The summed E-state index contributed by atoms with van der Waals surface area (Å²) in [5, 5.41) is 4.04. The number of nitrogens with one attached hydrogen (secondary N) is 1. The largest absolute Gasteiger partial charge is 0.497 e. The second-order valence-corrected chi connectivity index (χ2v) is 6.14. The third-order valence-corrected chi connectivity index (χ3v) is 4.43. The van der Waals surface area contributed by atoms with E-state index in [1.807, 2.05) is 13.0 Å².